The maximum Gasteiger partial charge on any atom is 0.283 e. The monoisotopic (exact) mass is 408 g/mol. The number of aromatic hydroxyl groups is 1. The van der Waals surface area contributed by atoms with Crippen LogP contribution >= 0.6 is 38.9 Å². The van der Waals surface area contributed by atoms with Crippen LogP contribution < -0.4 is 5.43 Å². The molecule has 0 saturated carbocycles. The zero-order chi connectivity index (χ0) is 16.4. The topological polar surface area (TPSA) is 61.7 Å². The van der Waals surface area contributed by atoms with Crippen molar-refractivity contribution in [2.75, 3.05) is 0 Å². The molecule has 7 heteroatoms. The first kappa shape index (κ1) is 16.0. The van der Waals surface area contributed by atoms with Crippen LogP contribution in [-0.4, -0.2) is 17.2 Å². The second-order valence-electron chi connectivity index (χ2n) is 4.64. The second kappa shape index (κ2) is 6.70. The number of benzene rings is 2. The molecule has 2 N–H and O–H groups in total. The van der Waals surface area contributed by atoms with Gasteiger partial charge < -0.3 is 5.11 Å². The van der Waals surface area contributed by atoms with Gasteiger partial charge in [-0.1, -0.05) is 45.7 Å². The number of phenolic OH excluding ortho intramolecular Hbond substituents is 1. The molecule has 0 aliphatic carbocycles. The van der Waals surface area contributed by atoms with Crippen molar-refractivity contribution in [2.24, 2.45) is 5.10 Å². The van der Waals surface area contributed by atoms with Gasteiger partial charge >= 0.3 is 0 Å². The molecule has 0 bridgehead atoms. The molecule has 3 aromatic rings. The minimum Gasteiger partial charge on any atom is -0.507 e. The third-order valence-corrected chi connectivity index (χ3v) is 5.27. The zero-order valence-electron chi connectivity index (χ0n) is 11.6. The van der Waals surface area contributed by atoms with Crippen LogP contribution in [0.1, 0.15) is 15.2 Å². The number of phenols is 1. The number of thiophene rings is 1. The van der Waals surface area contributed by atoms with E-state index in [0.29, 0.717) is 15.5 Å². The predicted molar refractivity (Wildman–Crippen MR) is 97.7 cm³/mol. The summed E-state index contributed by atoms with van der Waals surface area (Å²) in [6, 6.07) is 12.5. The maximum absolute atomic E-state index is 12.2. The van der Waals surface area contributed by atoms with Gasteiger partial charge in [0.15, 0.2) is 0 Å². The summed E-state index contributed by atoms with van der Waals surface area (Å²) in [6.45, 7) is 0. The Balaban J connectivity index is 1.80. The summed E-state index contributed by atoms with van der Waals surface area (Å²) >= 11 is 10.9. The van der Waals surface area contributed by atoms with Gasteiger partial charge in [0.05, 0.1) is 11.2 Å². The van der Waals surface area contributed by atoms with Crippen molar-refractivity contribution >= 4 is 61.1 Å². The number of amides is 1. The van der Waals surface area contributed by atoms with E-state index in [1.54, 1.807) is 12.1 Å². The van der Waals surface area contributed by atoms with E-state index in [2.05, 4.69) is 26.5 Å². The van der Waals surface area contributed by atoms with Gasteiger partial charge in [-0.05, 0) is 24.3 Å². The first-order valence-corrected chi connectivity index (χ1v) is 8.54. The van der Waals surface area contributed by atoms with Crippen molar-refractivity contribution in [1.82, 2.24) is 5.43 Å². The third kappa shape index (κ3) is 3.39. The summed E-state index contributed by atoms with van der Waals surface area (Å²) in [4.78, 5) is 12.6. The van der Waals surface area contributed by atoms with Gasteiger partial charge in [-0.15, -0.1) is 11.3 Å². The number of carbonyl (C=O) groups excluding carboxylic acids is 1. The molecule has 0 aliphatic heterocycles. The van der Waals surface area contributed by atoms with Crippen molar-refractivity contribution < 1.29 is 9.90 Å². The van der Waals surface area contributed by atoms with E-state index in [1.165, 1.54) is 23.6 Å². The summed E-state index contributed by atoms with van der Waals surface area (Å²) in [6.07, 6.45) is 1.37. The van der Waals surface area contributed by atoms with Crippen molar-refractivity contribution in [3.63, 3.8) is 0 Å². The van der Waals surface area contributed by atoms with E-state index in [-0.39, 0.29) is 11.7 Å². The van der Waals surface area contributed by atoms with E-state index in [4.69, 9.17) is 11.6 Å². The van der Waals surface area contributed by atoms with Crippen LogP contribution in [0.15, 0.2) is 52.0 Å². The summed E-state index contributed by atoms with van der Waals surface area (Å²) in [5.41, 5.74) is 2.91. The molecule has 4 nitrogen and oxygen atoms in total. The molecule has 2 aromatic carbocycles. The minimum absolute atomic E-state index is 0.0751. The molecule has 0 fully saturated rings. The van der Waals surface area contributed by atoms with E-state index >= 15 is 0 Å². The highest BCUT2D eigenvalue weighted by Crippen LogP contribution is 2.34. The Morgan fingerprint density at radius 1 is 1.30 bits per heavy atom. The highest BCUT2D eigenvalue weighted by molar-refractivity contribution is 9.10. The van der Waals surface area contributed by atoms with Crippen LogP contribution in [0.3, 0.4) is 0 Å². The van der Waals surface area contributed by atoms with E-state index in [9.17, 15) is 9.90 Å². The zero-order valence-corrected chi connectivity index (χ0v) is 14.7. The SMILES string of the molecule is O=C(NN=Cc1cc(Br)ccc1O)c1sc2ccccc2c1Cl. The van der Waals surface area contributed by atoms with Crippen LogP contribution in [0, 0.1) is 0 Å². The van der Waals surface area contributed by atoms with Gasteiger partial charge in [-0.2, -0.15) is 5.10 Å². The van der Waals surface area contributed by atoms with Crippen LogP contribution in [0.4, 0.5) is 0 Å². The molecular weight excluding hydrogens is 400 g/mol. The highest BCUT2D eigenvalue weighted by atomic mass is 79.9. The van der Waals surface area contributed by atoms with Gasteiger partial charge in [0.25, 0.3) is 5.91 Å². The van der Waals surface area contributed by atoms with Gasteiger partial charge in [0, 0.05) is 20.1 Å². The molecule has 0 aliphatic rings. The average Bonchev–Trinajstić information content (AvgIpc) is 2.88. The Kier molecular flexibility index (Phi) is 4.66. The number of fused-ring (bicyclic) bond motifs is 1. The fourth-order valence-corrected chi connectivity index (χ4v) is 3.79. The number of rotatable bonds is 3. The standard InChI is InChI=1S/C16H10BrClN2O2S/c17-10-5-6-12(21)9(7-10)8-19-20-16(22)15-14(18)11-3-1-2-4-13(11)23-15/h1-8,21H,(H,20,22). The molecular formula is C16H10BrClN2O2S. The van der Waals surface area contributed by atoms with E-state index < -0.39 is 0 Å². The first-order chi connectivity index (χ1) is 11.1. The van der Waals surface area contributed by atoms with Crippen LogP contribution in [-0.2, 0) is 0 Å². The van der Waals surface area contributed by atoms with Gasteiger partial charge in [0.1, 0.15) is 10.6 Å². The summed E-state index contributed by atoms with van der Waals surface area (Å²) in [5.74, 6) is -0.312. The number of hydrazone groups is 1. The van der Waals surface area contributed by atoms with Gasteiger partial charge in [-0.3, -0.25) is 4.79 Å². The van der Waals surface area contributed by atoms with E-state index in [0.717, 1.165) is 14.6 Å². The maximum atomic E-state index is 12.2. The lowest BCUT2D eigenvalue weighted by molar-refractivity contribution is 0.0959. The largest absolute Gasteiger partial charge is 0.507 e. The predicted octanol–water partition coefficient (Wildman–Crippen LogP) is 4.79. The fourth-order valence-electron chi connectivity index (χ4n) is 2.00. The number of nitrogens with one attached hydrogen (secondary N) is 1. The molecule has 0 unspecified atom stereocenters. The average molecular weight is 410 g/mol. The van der Waals surface area contributed by atoms with Crippen molar-refractivity contribution in [1.29, 1.82) is 0 Å². The van der Waals surface area contributed by atoms with Crippen LogP contribution in [0.2, 0.25) is 5.02 Å². The Morgan fingerprint density at radius 3 is 2.87 bits per heavy atom. The fraction of sp³-hybridized carbons (Fsp3) is 0. The van der Waals surface area contributed by atoms with Crippen molar-refractivity contribution in [2.45, 2.75) is 0 Å². The highest BCUT2D eigenvalue weighted by Gasteiger charge is 2.16. The molecule has 3 rings (SSSR count). The Bertz CT molecular complexity index is 924. The van der Waals surface area contributed by atoms with E-state index in [1.807, 2.05) is 24.3 Å². The normalized spacial score (nSPS) is 11.2. The number of carbonyl (C=O) groups is 1. The third-order valence-electron chi connectivity index (χ3n) is 3.10. The quantitative estimate of drug-likeness (QED) is 0.483. The molecule has 0 atom stereocenters. The van der Waals surface area contributed by atoms with Crippen LogP contribution in [0.5, 0.6) is 5.75 Å². The number of hydrogen-bond donors (Lipinski definition) is 2. The molecule has 1 heterocycles. The van der Waals surface area contributed by atoms with Crippen molar-refractivity contribution in [3.8, 4) is 5.75 Å². The summed E-state index contributed by atoms with van der Waals surface area (Å²) < 4.78 is 1.74. The Hall–Kier alpha value is -1.89. The molecule has 1 amide bonds. The number of halogens is 2. The number of hydrogen-bond acceptors (Lipinski definition) is 4. The lowest BCUT2D eigenvalue weighted by Gasteiger charge is -2.00. The summed E-state index contributed by atoms with van der Waals surface area (Å²) in [7, 11) is 0. The minimum atomic E-state index is -0.387. The Morgan fingerprint density at radius 2 is 2.09 bits per heavy atom. The van der Waals surface area contributed by atoms with Gasteiger partial charge in [0.2, 0.25) is 0 Å². The molecule has 23 heavy (non-hydrogen) atoms. The lowest BCUT2D eigenvalue weighted by atomic mass is 10.2. The summed E-state index contributed by atoms with van der Waals surface area (Å²) in [5, 5.41) is 14.9. The second-order valence-corrected chi connectivity index (χ2v) is 6.99. The smallest absolute Gasteiger partial charge is 0.283 e. The molecule has 0 spiro atoms. The number of nitrogens with zero attached hydrogens (tertiary/aromatic N) is 1. The first-order valence-electron chi connectivity index (χ1n) is 6.55. The van der Waals surface area contributed by atoms with Crippen LogP contribution in [0.25, 0.3) is 10.1 Å². The Labute approximate surface area is 149 Å². The lowest BCUT2D eigenvalue weighted by Crippen LogP contribution is -2.16. The van der Waals surface area contributed by atoms with Gasteiger partial charge in [-0.25, -0.2) is 5.43 Å². The molecule has 116 valence electrons. The van der Waals surface area contributed by atoms with Crippen molar-refractivity contribution in [3.05, 3.63) is 62.4 Å². The molecule has 0 saturated heterocycles. The molecule has 0 radical (unpaired) electrons. The molecule has 1 aromatic heterocycles.